The highest BCUT2D eigenvalue weighted by molar-refractivity contribution is 9.09. The topological polar surface area (TPSA) is 9.23 Å². The molecule has 0 bridgehead atoms. The molecule has 0 heterocycles. The summed E-state index contributed by atoms with van der Waals surface area (Å²) in [4.78, 5) is 0. The fourth-order valence-electron chi connectivity index (χ4n) is 1.22. The van der Waals surface area contributed by atoms with Gasteiger partial charge in [0.25, 0.3) is 0 Å². The second-order valence-electron chi connectivity index (χ2n) is 3.26. The van der Waals surface area contributed by atoms with Crippen molar-refractivity contribution in [3.05, 3.63) is 0 Å². The minimum absolute atomic E-state index is 0.780. The lowest BCUT2D eigenvalue weighted by Gasteiger charge is -2.18. The second-order valence-corrected chi connectivity index (χ2v) is 4.06. The van der Waals surface area contributed by atoms with Crippen LogP contribution in [0, 0.1) is 11.8 Å². The molecule has 2 heteroatoms. The molecule has 0 aliphatic carbocycles. The van der Waals surface area contributed by atoms with Crippen molar-refractivity contribution in [2.75, 3.05) is 19.0 Å². The van der Waals surface area contributed by atoms with E-state index in [-0.39, 0.29) is 0 Å². The van der Waals surface area contributed by atoms with E-state index in [0.29, 0.717) is 0 Å². The van der Waals surface area contributed by atoms with Crippen LogP contribution in [0.4, 0.5) is 0 Å². The molecule has 0 spiro atoms. The molecule has 11 heavy (non-hydrogen) atoms. The summed E-state index contributed by atoms with van der Waals surface area (Å²) < 4.78 is 5.05. The fraction of sp³-hybridized carbons (Fsp3) is 1.00. The first-order chi connectivity index (χ1) is 5.22. The van der Waals surface area contributed by atoms with Gasteiger partial charge in [0.2, 0.25) is 0 Å². The normalized spacial score (nSPS) is 13.9. The summed E-state index contributed by atoms with van der Waals surface area (Å²) in [7, 11) is 1.77. The lowest BCUT2D eigenvalue weighted by molar-refractivity contribution is 0.164. The average Bonchev–Trinajstić information content (AvgIpc) is 1.97. The monoisotopic (exact) mass is 222 g/mol. The van der Waals surface area contributed by atoms with E-state index in [1.54, 1.807) is 7.11 Å². The van der Waals surface area contributed by atoms with Crippen LogP contribution in [0.3, 0.4) is 0 Å². The van der Waals surface area contributed by atoms with Gasteiger partial charge in [0.1, 0.15) is 0 Å². The number of hydrogen-bond acceptors (Lipinski definition) is 1. The standard InChI is InChI=1S/C9H19BrO/c1-8(2)9(4-6-10)5-7-11-3/h8-9H,4-7H2,1-3H3. The van der Waals surface area contributed by atoms with Crippen LogP contribution < -0.4 is 0 Å². The van der Waals surface area contributed by atoms with Crippen LogP contribution in [-0.4, -0.2) is 19.0 Å². The Balaban J connectivity index is 3.51. The Morgan fingerprint density at radius 2 is 1.91 bits per heavy atom. The van der Waals surface area contributed by atoms with Crippen LogP contribution in [0.15, 0.2) is 0 Å². The van der Waals surface area contributed by atoms with E-state index in [4.69, 9.17) is 4.74 Å². The average molecular weight is 223 g/mol. The Morgan fingerprint density at radius 3 is 2.27 bits per heavy atom. The summed E-state index contributed by atoms with van der Waals surface area (Å²) in [5, 5.41) is 1.11. The molecule has 0 radical (unpaired) electrons. The van der Waals surface area contributed by atoms with Gasteiger partial charge in [0.15, 0.2) is 0 Å². The molecular formula is C9H19BrO. The molecule has 0 amide bonds. The maximum atomic E-state index is 5.05. The first-order valence-electron chi connectivity index (χ1n) is 4.27. The number of alkyl halides is 1. The van der Waals surface area contributed by atoms with E-state index in [2.05, 4.69) is 29.8 Å². The lowest BCUT2D eigenvalue weighted by Crippen LogP contribution is -2.11. The minimum Gasteiger partial charge on any atom is -0.385 e. The molecule has 1 atom stereocenters. The first kappa shape index (κ1) is 11.4. The number of methoxy groups -OCH3 is 1. The molecule has 1 nitrogen and oxygen atoms in total. The van der Waals surface area contributed by atoms with Crippen molar-refractivity contribution < 1.29 is 4.74 Å². The second kappa shape index (κ2) is 7.11. The van der Waals surface area contributed by atoms with Gasteiger partial charge in [-0.3, -0.25) is 0 Å². The third-order valence-corrected chi connectivity index (χ3v) is 2.57. The van der Waals surface area contributed by atoms with E-state index in [1.165, 1.54) is 12.8 Å². The number of halogens is 1. The Bertz CT molecular complexity index is 83.6. The molecule has 0 saturated carbocycles. The van der Waals surface area contributed by atoms with E-state index in [9.17, 15) is 0 Å². The van der Waals surface area contributed by atoms with Crippen molar-refractivity contribution in [1.82, 2.24) is 0 Å². The molecule has 0 fully saturated rings. The van der Waals surface area contributed by atoms with Crippen LogP contribution in [0.5, 0.6) is 0 Å². The van der Waals surface area contributed by atoms with E-state index < -0.39 is 0 Å². The van der Waals surface area contributed by atoms with Crippen molar-refractivity contribution in [1.29, 1.82) is 0 Å². The fourth-order valence-corrected chi connectivity index (χ4v) is 1.81. The summed E-state index contributed by atoms with van der Waals surface area (Å²) in [6, 6.07) is 0. The third-order valence-electron chi connectivity index (χ3n) is 2.12. The van der Waals surface area contributed by atoms with Crippen LogP contribution in [0.25, 0.3) is 0 Å². The van der Waals surface area contributed by atoms with Gasteiger partial charge in [0, 0.05) is 19.0 Å². The zero-order valence-corrected chi connectivity index (χ0v) is 9.36. The van der Waals surface area contributed by atoms with Crippen LogP contribution in [0.1, 0.15) is 26.7 Å². The summed E-state index contributed by atoms with van der Waals surface area (Å²) in [5.41, 5.74) is 0. The van der Waals surface area contributed by atoms with Gasteiger partial charge < -0.3 is 4.74 Å². The summed E-state index contributed by atoms with van der Waals surface area (Å²) in [5.74, 6) is 1.59. The van der Waals surface area contributed by atoms with E-state index in [0.717, 1.165) is 23.8 Å². The van der Waals surface area contributed by atoms with Gasteiger partial charge >= 0.3 is 0 Å². The van der Waals surface area contributed by atoms with Gasteiger partial charge in [0.05, 0.1) is 0 Å². The third kappa shape index (κ3) is 5.68. The quantitative estimate of drug-likeness (QED) is 0.629. The maximum absolute atomic E-state index is 5.05. The molecule has 0 aromatic rings. The Morgan fingerprint density at radius 1 is 1.27 bits per heavy atom. The lowest BCUT2D eigenvalue weighted by atomic mass is 9.91. The first-order valence-corrected chi connectivity index (χ1v) is 5.39. The molecule has 0 saturated heterocycles. The molecule has 0 aromatic carbocycles. The molecule has 1 unspecified atom stereocenters. The van der Waals surface area contributed by atoms with Crippen molar-refractivity contribution in [3.8, 4) is 0 Å². The molecule has 0 N–H and O–H groups in total. The summed E-state index contributed by atoms with van der Waals surface area (Å²) >= 11 is 3.47. The van der Waals surface area contributed by atoms with Crippen molar-refractivity contribution in [3.63, 3.8) is 0 Å². The number of ether oxygens (including phenoxy) is 1. The highest BCUT2D eigenvalue weighted by atomic mass is 79.9. The summed E-state index contributed by atoms with van der Waals surface area (Å²) in [6.45, 7) is 5.46. The number of hydrogen-bond donors (Lipinski definition) is 0. The Labute approximate surface area is 78.6 Å². The van der Waals surface area contributed by atoms with Crippen molar-refractivity contribution in [2.24, 2.45) is 11.8 Å². The van der Waals surface area contributed by atoms with E-state index in [1.807, 2.05) is 0 Å². The zero-order chi connectivity index (χ0) is 8.69. The molecule has 0 aromatic heterocycles. The highest BCUT2D eigenvalue weighted by Gasteiger charge is 2.11. The van der Waals surface area contributed by atoms with Crippen molar-refractivity contribution in [2.45, 2.75) is 26.7 Å². The van der Waals surface area contributed by atoms with Gasteiger partial charge in [-0.05, 0) is 24.7 Å². The van der Waals surface area contributed by atoms with Crippen LogP contribution >= 0.6 is 15.9 Å². The van der Waals surface area contributed by atoms with Gasteiger partial charge in [-0.2, -0.15) is 0 Å². The van der Waals surface area contributed by atoms with Crippen LogP contribution in [-0.2, 0) is 4.74 Å². The predicted molar refractivity (Wildman–Crippen MR) is 53.2 cm³/mol. The predicted octanol–water partition coefficient (Wildman–Crippen LogP) is 3.08. The maximum Gasteiger partial charge on any atom is 0.0465 e. The van der Waals surface area contributed by atoms with E-state index >= 15 is 0 Å². The largest absolute Gasteiger partial charge is 0.385 e. The minimum atomic E-state index is 0.780. The summed E-state index contributed by atoms with van der Waals surface area (Å²) in [6.07, 6.45) is 2.46. The number of rotatable bonds is 6. The highest BCUT2D eigenvalue weighted by Crippen LogP contribution is 2.19. The molecule has 0 rings (SSSR count). The van der Waals surface area contributed by atoms with Crippen LogP contribution in [0.2, 0.25) is 0 Å². The van der Waals surface area contributed by atoms with Gasteiger partial charge in [-0.1, -0.05) is 29.8 Å². The van der Waals surface area contributed by atoms with Crippen molar-refractivity contribution >= 4 is 15.9 Å². The molecule has 0 aliphatic rings. The van der Waals surface area contributed by atoms with Gasteiger partial charge in [-0.25, -0.2) is 0 Å². The molecule has 68 valence electrons. The molecule has 0 aliphatic heterocycles. The Hall–Kier alpha value is 0.440. The SMILES string of the molecule is COCCC(CCBr)C(C)C. The zero-order valence-electron chi connectivity index (χ0n) is 7.77. The molecular weight excluding hydrogens is 204 g/mol. The smallest absolute Gasteiger partial charge is 0.0465 e. The Kier molecular flexibility index (Phi) is 7.39. The van der Waals surface area contributed by atoms with Gasteiger partial charge in [-0.15, -0.1) is 0 Å².